The van der Waals surface area contributed by atoms with Gasteiger partial charge in [0, 0.05) is 13.6 Å². The van der Waals surface area contributed by atoms with E-state index in [-0.39, 0.29) is 12.5 Å². The van der Waals surface area contributed by atoms with Gasteiger partial charge in [0.1, 0.15) is 12.1 Å². The summed E-state index contributed by atoms with van der Waals surface area (Å²) in [6.07, 6.45) is 0. The van der Waals surface area contributed by atoms with Gasteiger partial charge in [-0.25, -0.2) is 4.79 Å². The van der Waals surface area contributed by atoms with E-state index in [1.54, 1.807) is 18.9 Å². The Balaban J connectivity index is 1.54. The molecule has 164 valence electrons. The van der Waals surface area contributed by atoms with Crippen LogP contribution in [0.5, 0.6) is 0 Å². The van der Waals surface area contributed by atoms with Gasteiger partial charge in [0.2, 0.25) is 5.91 Å². The Morgan fingerprint density at radius 1 is 1.03 bits per heavy atom. The Hall–Kier alpha value is -3.67. The fourth-order valence-corrected chi connectivity index (χ4v) is 4.31. The first-order valence-electron chi connectivity index (χ1n) is 10.6. The van der Waals surface area contributed by atoms with Crippen LogP contribution in [0.1, 0.15) is 29.2 Å². The molecule has 0 unspecified atom stereocenters. The van der Waals surface area contributed by atoms with Crippen molar-refractivity contribution >= 4 is 28.6 Å². The number of hydrogen-bond donors (Lipinski definition) is 1. The van der Waals surface area contributed by atoms with Gasteiger partial charge in [-0.3, -0.25) is 14.5 Å². The summed E-state index contributed by atoms with van der Waals surface area (Å²) in [5.41, 5.74) is 2.77. The molecule has 1 saturated heterocycles. The van der Waals surface area contributed by atoms with Crippen LogP contribution in [0, 0.1) is 13.8 Å². The number of hydrogen-bond acceptors (Lipinski definition) is 3. The molecule has 1 aliphatic rings. The number of imide groups is 1. The Labute approximate surface area is 187 Å². The summed E-state index contributed by atoms with van der Waals surface area (Å²) in [7, 11) is 1.68. The molecule has 0 aromatic heterocycles. The van der Waals surface area contributed by atoms with Gasteiger partial charge in [0.05, 0.1) is 0 Å². The summed E-state index contributed by atoms with van der Waals surface area (Å²) in [4.78, 5) is 41.6. The normalized spacial score (nSPS) is 18.2. The summed E-state index contributed by atoms with van der Waals surface area (Å²) in [5, 5.41) is 4.69. The summed E-state index contributed by atoms with van der Waals surface area (Å²) in [5.74, 6) is -0.720. The number of carbonyl (C=O) groups excluding carboxylic acids is 3. The molecule has 0 aliphatic carbocycles. The standard InChI is InChI=1S/C26H27N3O3/c1-17-12-13-20(18(2)14-17)15-28(4)23(30)16-29-24(31)26(3,27-25(29)32)22-11-7-9-19-8-5-6-10-21(19)22/h5-14H,15-16H2,1-4H3,(H,27,32)/t26-/m1/s1. The molecule has 1 heterocycles. The quantitative estimate of drug-likeness (QED) is 0.626. The summed E-state index contributed by atoms with van der Waals surface area (Å²) in [6, 6.07) is 18.9. The van der Waals surface area contributed by atoms with Crippen molar-refractivity contribution < 1.29 is 14.4 Å². The fraction of sp³-hybridized carbons (Fsp3) is 0.269. The topological polar surface area (TPSA) is 69.7 Å². The smallest absolute Gasteiger partial charge is 0.325 e. The predicted molar refractivity (Wildman–Crippen MR) is 124 cm³/mol. The van der Waals surface area contributed by atoms with Crippen LogP contribution in [0.3, 0.4) is 0 Å². The molecule has 0 spiro atoms. The summed E-state index contributed by atoms with van der Waals surface area (Å²) in [6.45, 7) is 5.84. The zero-order valence-corrected chi connectivity index (χ0v) is 18.8. The zero-order chi connectivity index (χ0) is 23.0. The van der Waals surface area contributed by atoms with Crippen LogP contribution in [-0.4, -0.2) is 41.2 Å². The maximum atomic E-state index is 13.4. The number of nitrogens with zero attached hydrogens (tertiary/aromatic N) is 2. The molecule has 0 radical (unpaired) electrons. The number of benzene rings is 3. The molecule has 0 saturated carbocycles. The third-order valence-electron chi connectivity index (χ3n) is 6.23. The lowest BCUT2D eigenvalue weighted by atomic mass is 9.88. The first-order valence-corrected chi connectivity index (χ1v) is 10.6. The van der Waals surface area contributed by atoms with E-state index in [1.165, 1.54) is 0 Å². The Kier molecular flexibility index (Phi) is 5.46. The average Bonchev–Trinajstić information content (AvgIpc) is 2.98. The van der Waals surface area contributed by atoms with E-state index in [0.29, 0.717) is 12.1 Å². The van der Waals surface area contributed by atoms with Gasteiger partial charge in [-0.15, -0.1) is 0 Å². The molecule has 6 heteroatoms. The van der Waals surface area contributed by atoms with Crippen molar-refractivity contribution in [2.24, 2.45) is 0 Å². The van der Waals surface area contributed by atoms with Gasteiger partial charge in [-0.2, -0.15) is 0 Å². The number of aryl methyl sites for hydroxylation is 2. The Morgan fingerprint density at radius 2 is 1.75 bits per heavy atom. The molecule has 1 N–H and O–H groups in total. The third kappa shape index (κ3) is 3.73. The van der Waals surface area contributed by atoms with Gasteiger partial charge in [0.15, 0.2) is 0 Å². The van der Waals surface area contributed by atoms with Crippen LogP contribution >= 0.6 is 0 Å². The molecule has 6 nitrogen and oxygen atoms in total. The predicted octanol–water partition coefficient (Wildman–Crippen LogP) is 3.88. The lowest BCUT2D eigenvalue weighted by molar-refractivity contribution is -0.138. The van der Waals surface area contributed by atoms with Crippen LogP contribution in [0.25, 0.3) is 10.8 Å². The second kappa shape index (κ2) is 8.11. The molecule has 32 heavy (non-hydrogen) atoms. The van der Waals surface area contributed by atoms with E-state index in [4.69, 9.17) is 0 Å². The highest BCUT2D eigenvalue weighted by Crippen LogP contribution is 2.33. The second-order valence-corrected chi connectivity index (χ2v) is 8.65. The van der Waals surface area contributed by atoms with Crippen molar-refractivity contribution in [2.45, 2.75) is 32.9 Å². The lowest BCUT2D eigenvalue weighted by Crippen LogP contribution is -2.43. The second-order valence-electron chi connectivity index (χ2n) is 8.65. The van der Waals surface area contributed by atoms with Crippen molar-refractivity contribution in [1.82, 2.24) is 15.1 Å². The van der Waals surface area contributed by atoms with E-state index in [9.17, 15) is 14.4 Å². The minimum atomic E-state index is -1.23. The SMILES string of the molecule is Cc1ccc(CN(C)C(=O)CN2C(=O)N[C@](C)(c3cccc4ccccc34)C2=O)c(C)c1. The van der Waals surface area contributed by atoms with Crippen LogP contribution < -0.4 is 5.32 Å². The number of fused-ring (bicyclic) bond motifs is 1. The van der Waals surface area contributed by atoms with Crippen molar-refractivity contribution in [1.29, 1.82) is 0 Å². The molecular formula is C26H27N3O3. The first-order chi connectivity index (χ1) is 15.2. The number of urea groups is 1. The zero-order valence-electron chi connectivity index (χ0n) is 18.8. The van der Waals surface area contributed by atoms with Crippen molar-refractivity contribution in [2.75, 3.05) is 13.6 Å². The van der Waals surface area contributed by atoms with Crippen LogP contribution in [0.4, 0.5) is 4.79 Å². The van der Waals surface area contributed by atoms with Gasteiger partial charge in [-0.1, -0.05) is 66.2 Å². The molecule has 4 amide bonds. The molecule has 1 atom stereocenters. The van der Waals surface area contributed by atoms with E-state index >= 15 is 0 Å². The largest absolute Gasteiger partial charge is 0.340 e. The molecule has 4 rings (SSSR count). The summed E-state index contributed by atoms with van der Waals surface area (Å²) >= 11 is 0. The number of nitrogens with one attached hydrogen (secondary N) is 1. The van der Waals surface area contributed by atoms with Gasteiger partial charge in [-0.05, 0) is 48.2 Å². The number of amides is 4. The fourth-order valence-electron chi connectivity index (χ4n) is 4.31. The number of carbonyl (C=O) groups is 3. The Bertz CT molecular complexity index is 1230. The highest BCUT2D eigenvalue weighted by Gasteiger charge is 2.50. The minimum absolute atomic E-state index is 0.296. The van der Waals surface area contributed by atoms with Crippen LogP contribution in [-0.2, 0) is 21.7 Å². The van der Waals surface area contributed by atoms with E-state index in [0.717, 1.165) is 32.4 Å². The van der Waals surface area contributed by atoms with Crippen LogP contribution in [0.15, 0.2) is 60.7 Å². The minimum Gasteiger partial charge on any atom is -0.340 e. The molecule has 1 aliphatic heterocycles. The maximum absolute atomic E-state index is 13.4. The lowest BCUT2D eigenvalue weighted by Gasteiger charge is -2.25. The van der Waals surface area contributed by atoms with Crippen molar-refractivity contribution in [3.05, 3.63) is 82.9 Å². The highest BCUT2D eigenvalue weighted by molar-refractivity contribution is 6.10. The molecule has 3 aromatic carbocycles. The van der Waals surface area contributed by atoms with Crippen molar-refractivity contribution in [3.8, 4) is 0 Å². The number of rotatable bonds is 5. The van der Waals surface area contributed by atoms with Gasteiger partial charge in [0.25, 0.3) is 5.91 Å². The van der Waals surface area contributed by atoms with E-state index < -0.39 is 17.5 Å². The monoisotopic (exact) mass is 429 g/mol. The first kappa shape index (κ1) is 21.6. The molecular weight excluding hydrogens is 402 g/mol. The average molecular weight is 430 g/mol. The molecule has 1 fully saturated rings. The number of likely N-dealkylation sites (N-methyl/N-ethyl adjacent to an activating group) is 1. The highest BCUT2D eigenvalue weighted by atomic mass is 16.2. The maximum Gasteiger partial charge on any atom is 0.325 e. The van der Waals surface area contributed by atoms with Crippen molar-refractivity contribution in [3.63, 3.8) is 0 Å². The van der Waals surface area contributed by atoms with E-state index in [1.807, 2.05) is 68.4 Å². The summed E-state index contributed by atoms with van der Waals surface area (Å²) < 4.78 is 0. The van der Waals surface area contributed by atoms with Crippen LogP contribution in [0.2, 0.25) is 0 Å². The molecule has 0 bridgehead atoms. The van der Waals surface area contributed by atoms with Gasteiger partial charge < -0.3 is 10.2 Å². The third-order valence-corrected chi connectivity index (χ3v) is 6.23. The Morgan fingerprint density at radius 3 is 2.50 bits per heavy atom. The van der Waals surface area contributed by atoms with E-state index in [2.05, 4.69) is 11.4 Å². The molecule has 3 aromatic rings. The van der Waals surface area contributed by atoms with Gasteiger partial charge >= 0.3 is 6.03 Å².